The molecule has 0 aliphatic carbocycles. The molecule has 0 aromatic heterocycles. The van der Waals surface area contributed by atoms with E-state index in [2.05, 4.69) is 25.9 Å². The van der Waals surface area contributed by atoms with Gasteiger partial charge in [0, 0.05) is 6.54 Å². The maximum Gasteiger partial charge on any atom is 0.325 e. The Morgan fingerprint density at radius 3 is 2.85 bits per heavy atom. The normalized spacial score (nSPS) is 26.2. The van der Waals surface area contributed by atoms with E-state index in [9.17, 15) is 0 Å². The highest BCUT2D eigenvalue weighted by Gasteiger charge is 2.39. The molecule has 1 aromatic carbocycles. The van der Waals surface area contributed by atoms with Gasteiger partial charge in [-0.05, 0) is 17.9 Å². The average Bonchev–Trinajstić information content (AvgIpc) is 2.42. The first kappa shape index (κ1) is 8.79. The Kier molecular flexibility index (Phi) is 1.93. The van der Waals surface area contributed by atoms with Gasteiger partial charge >= 0.3 is 6.92 Å². The van der Waals surface area contributed by atoms with Crippen molar-refractivity contribution >= 4 is 12.4 Å². The molecule has 1 aliphatic rings. The quantitative estimate of drug-likeness (QED) is 0.638. The van der Waals surface area contributed by atoms with E-state index in [0.717, 1.165) is 0 Å². The number of nitrogens with two attached hydrogens (primary N) is 1. The van der Waals surface area contributed by atoms with E-state index >= 15 is 0 Å². The van der Waals surface area contributed by atoms with Crippen molar-refractivity contribution in [3.63, 3.8) is 0 Å². The Morgan fingerprint density at radius 2 is 2.15 bits per heavy atom. The van der Waals surface area contributed by atoms with Crippen molar-refractivity contribution in [2.24, 2.45) is 5.73 Å². The summed E-state index contributed by atoms with van der Waals surface area (Å²) >= 11 is 0. The molecule has 1 atom stereocenters. The summed E-state index contributed by atoms with van der Waals surface area (Å²) in [6.45, 7) is 4.83. The van der Waals surface area contributed by atoms with E-state index in [1.807, 2.05) is 12.1 Å². The van der Waals surface area contributed by atoms with Crippen LogP contribution in [0.3, 0.4) is 0 Å². The first-order valence-electron chi connectivity index (χ1n) is 4.65. The fourth-order valence-electron chi connectivity index (χ4n) is 2.01. The molecule has 0 saturated heterocycles. The maximum atomic E-state index is 5.84. The molecule has 1 heterocycles. The molecular weight excluding hydrogens is 161 g/mol. The lowest BCUT2D eigenvalue weighted by molar-refractivity contribution is 0.111. The second-order valence-electron chi connectivity index (χ2n) is 3.78. The van der Waals surface area contributed by atoms with Crippen molar-refractivity contribution in [2.45, 2.75) is 19.3 Å². The predicted molar refractivity (Wildman–Crippen MR) is 55.2 cm³/mol. The third-order valence-corrected chi connectivity index (χ3v) is 2.79. The van der Waals surface area contributed by atoms with E-state index in [1.54, 1.807) is 0 Å². The van der Waals surface area contributed by atoms with Crippen LogP contribution in [-0.4, -0.2) is 13.5 Å². The number of hydrogen-bond donors (Lipinski definition) is 1. The SMILES string of the molecule is CB1OC(C)(CN)c2ccccc21. The average molecular weight is 175 g/mol. The summed E-state index contributed by atoms with van der Waals surface area (Å²) < 4.78 is 5.84. The molecule has 1 unspecified atom stereocenters. The lowest BCUT2D eigenvalue weighted by Gasteiger charge is -2.24. The fraction of sp³-hybridized carbons (Fsp3) is 0.400. The molecule has 0 fully saturated rings. The molecule has 0 saturated carbocycles. The summed E-state index contributed by atoms with van der Waals surface area (Å²) in [7, 11) is 0. The highest BCUT2D eigenvalue weighted by molar-refractivity contribution is 6.67. The number of benzene rings is 1. The summed E-state index contributed by atoms with van der Waals surface area (Å²) in [5.74, 6) is 0. The molecule has 2 rings (SSSR count). The Labute approximate surface area is 79.2 Å². The van der Waals surface area contributed by atoms with E-state index in [1.165, 1.54) is 11.0 Å². The van der Waals surface area contributed by atoms with Crippen molar-refractivity contribution in [1.82, 2.24) is 0 Å². The molecule has 0 bridgehead atoms. The molecule has 1 aromatic rings. The minimum Gasteiger partial charge on any atom is -0.421 e. The van der Waals surface area contributed by atoms with Gasteiger partial charge in [-0.2, -0.15) is 0 Å². The Balaban J connectivity index is 2.53. The van der Waals surface area contributed by atoms with Crippen LogP contribution in [0.1, 0.15) is 12.5 Å². The highest BCUT2D eigenvalue weighted by atomic mass is 16.5. The van der Waals surface area contributed by atoms with E-state index in [-0.39, 0.29) is 12.5 Å². The number of rotatable bonds is 1. The van der Waals surface area contributed by atoms with Crippen molar-refractivity contribution in [3.05, 3.63) is 29.8 Å². The van der Waals surface area contributed by atoms with Crippen LogP contribution in [0.15, 0.2) is 24.3 Å². The molecule has 13 heavy (non-hydrogen) atoms. The Hall–Kier alpha value is -0.795. The van der Waals surface area contributed by atoms with Crippen LogP contribution in [0.2, 0.25) is 6.82 Å². The van der Waals surface area contributed by atoms with Crippen LogP contribution >= 0.6 is 0 Å². The molecule has 0 spiro atoms. The Bertz CT molecular complexity index is 328. The van der Waals surface area contributed by atoms with Gasteiger partial charge in [-0.1, -0.05) is 31.1 Å². The second-order valence-corrected chi connectivity index (χ2v) is 3.78. The van der Waals surface area contributed by atoms with Gasteiger partial charge < -0.3 is 10.4 Å². The number of hydrogen-bond acceptors (Lipinski definition) is 2. The fourth-order valence-corrected chi connectivity index (χ4v) is 2.01. The summed E-state index contributed by atoms with van der Waals surface area (Å²) in [6.07, 6.45) is 0. The van der Waals surface area contributed by atoms with Crippen LogP contribution < -0.4 is 11.2 Å². The molecule has 2 N–H and O–H groups in total. The Morgan fingerprint density at radius 1 is 1.46 bits per heavy atom. The van der Waals surface area contributed by atoms with Crippen molar-refractivity contribution in [1.29, 1.82) is 0 Å². The minimum absolute atomic E-state index is 0.171. The van der Waals surface area contributed by atoms with E-state index in [0.29, 0.717) is 6.54 Å². The van der Waals surface area contributed by atoms with Crippen LogP contribution in [0, 0.1) is 0 Å². The molecule has 0 radical (unpaired) electrons. The highest BCUT2D eigenvalue weighted by Crippen LogP contribution is 2.29. The van der Waals surface area contributed by atoms with E-state index in [4.69, 9.17) is 10.4 Å². The summed E-state index contributed by atoms with van der Waals surface area (Å²) in [4.78, 5) is 0. The van der Waals surface area contributed by atoms with Crippen LogP contribution in [-0.2, 0) is 10.3 Å². The van der Waals surface area contributed by atoms with Gasteiger partial charge in [0.05, 0.1) is 5.60 Å². The topological polar surface area (TPSA) is 35.2 Å². The van der Waals surface area contributed by atoms with Crippen molar-refractivity contribution in [3.8, 4) is 0 Å². The summed E-state index contributed by atoms with van der Waals surface area (Å²) in [5.41, 5.74) is 7.95. The maximum absolute atomic E-state index is 5.84. The van der Waals surface area contributed by atoms with Gasteiger partial charge in [0.15, 0.2) is 0 Å². The number of fused-ring (bicyclic) bond motifs is 1. The molecule has 68 valence electrons. The zero-order valence-electron chi connectivity index (χ0n) is 8.08. The minimum atomic E-state index is -0.282. The third kappa shape index (κ3) is 1.19. The molecule has 0 amide bonds. The first-order chi connectivity index (χ1) is 6.17. The first-order valence-corrected chi connectivity index (χ1v) is 4.65. The smallest absolute Gasteiger partial charge is 0.325 e. The van der Waals surface area contributed by atoms with Gasteiger partial charge in [-0.15, -0.1) is 0 Å². The van der Waals surface area contributed by atoms with Gasteiger partial charge in [-0.3, -0.25) is 0 Å². The van der Waals surface area contributed by atoms with Crippen LogP contribution in [0.25, 0.3) is 0 Å². The molecule has 2 nitrogen and oxygen atoms in total. The molecular formula is C10H14BNO. The van der Waals surface area contributed by atoms with E-state index < -0.39 is 0 Å². The zero-order chi connectivity index (χ0) is 9.47. The van der Waals surface area contributed by atoms with Crippen molar-refractivity contribution < 1.29 is 4.65 Å². The lowest BCUT2D eigenvalue weighted by Crippen LogP contribution is -2.32. The second kappa shape index (κ2) is 2.86. The largest absolute Gasteiger partial charge is 0.421 e. The van der Waals surface area contributed by atoms with Gasteiger partial charge in [0.1, 0.15) is 0 Å². The van der Waals surface area contributed by atoms with Gasteiger partial charge in [-0.25, -0.2) is 0 Å². The van der Waals surface area contributed by atoms with Crippen molar-refractivity contribution in [2.75, 3.05) is 6.54 Å². The summed E-state index contributed by atoms with van der Waals surface area (Å²) in [5, 5.41) is 0. The predicted octanol–water partition coefficient (Wildman–Crippen LogP) is 0.719. The monoisotopic (exact) mass is 175 g/mol. The third-order valence-electron chi connectivity index (χ3n) is 2.79. The lowest BCUT2D eigenvalue weighted by atomic mass is 9.64. The van der Waals surface area contributed by atoms with Gasteiger partial charge in [0.25, 0.3) is 0 Å². The van der Waals surface area contributed by atoms with Gasteiger partial charge in [0.2, 0.25) is 0 Å². The van der Waals surface area contributed by atoms with Crippen LogP contribution in [0.5, 0.6) is 0 Å². The zero-order valence-corrected chi connectivity index (χ0v) is 8.08. The standard InChI is InChI=1S/C10H14BNO/c1-10(7-12)8-5-3-4-6-9(8)11(2)13-10/h3-6H,7,12H2,1-2H3. The molecule has 1 aliphatic heterocycles. The summed E-state index contributed by atoms with van der Waals surface area (Å²) in [6, 6.07) is 8.29. The van der Waals surface area contributed by atoms with Crippen LogP contribution in [0.4, 0.5) is 0 Å². The molecule has 3 heteroatoms.